The summed E-state index contributed by atoms with van der Waals surface area (Å²) >= 11 is 0. The van der Waals surface area contributed by atoms with E-state index in [1.54, 1.807) is 17.0 Å². The lowest BCUT2D eigenvalue weighted by Gasteiger charge is -2.24. The third-order valence-corrected chi connectivity index (χ3v) is 5.55. The number of nitrogens with zero attached hydrogens (tertiary/aromatic N) is 3. The Morgan fingerprint density at radius 2 is 1.86 bits per heavy atom. The van der Waals surface area contributed by atoms with E-state index in [0.29, 0.717) is 30.8 Å². The first-order chi connectivity index (χ1) is 16.4. The highest BCUT2D eigenvalue weighted by atomic mass is 19.4. The second kappa shape index (κ2) is 9.24. The molecule has 1 aliphatic heterocycles. The molecular formula is C25H27F3N4O3. The molecule has 10 heteroatoms. The first kappa shape index (κ1) is 24.6. The molecule has 0 saturated carbocycles. The summed E-state index contributed by atoms with van der Waals surface area (Å²) in [4.78, 5) is 23.2. The summed E-state index contributed by atoms with van der Waals surface area (Å²) in [5, 5.41) is 4.08. The van der Waals surface area contributed by atoms with E-state index in [1.165, 1.54) is 13.2 Å². The number of carbonyl (C=O) groups excluding carboxylic acids is 1. The van der Waals surface area contributed by atoms with Crippen LogP contribution in [0.5, 0.6) is 5.75 Å². The highest BCUT2D eigenvalue weighted by molar-refractivity contribution is 5.91. The van der Waals surface area contributed by atoms with Crippen LogP contribution in [0.15, 0.2) is 42.5 Å². The van der Waals surface area contributed by atoms with Crippen molar-refractivity contribution in [3.8, 4) is 17.1 Å². The van der Waals surface area contributed by atoms with Gasteiger partial charge in [-0.25, -0.2) is 14.8 Å². The molecule has 1 unspecified atom stereocenters. The fourth-order valence-corrected chi connectivity index (χ4v) is 3.93. The number of amides is 1. The van der Waals surface area contributed by atoms with Gasteiger partial charge in [0.2, 0.25) is 0 Å². The number of halogens is 3. The third kappa shape index (κ3) is 5.58. The molecule has 0 spiro atoms. The predicted octanol–water partition coefficient (Wildman–Crippen LogP) is 5.75. The molecule has 1 fully saturated rings. The van der Waals surface area contributed by atoms with Crippen LogP contribution >= 0.6 is 0 Å². The van der Waals surface area contributed by atoms with Crippen LogP contribution in [0.2, 0.25) is 0 Å². The Hall–Kier alpha value is -3.56. The van der Waals surface area contributed by atoms with Crippen LogP contribution in [0, 0.1) is 0 Å². The lowest BCUT2D eigenvalue weighted by atomic mass is 10.1. The zero-order valence-corrected chi connectivity index (χ0v) is 19.9. The minimum absolute atomic E-state index is 0.108. The summed E-state index contributed by atoms with van der Waals surface area (Å²) in [5.41, 5.74) is -0.701. The van der Waals surface area contributed by atoms with Gasteiger partial charge in [0.05, 0.1) is 23.8 Å². The Morgan fingerprint density at radius 3 is 2.54 bits per heavy atom. The Morgan fingerprint density at radius 1 is 1.11 bits per heavy atom. The van der Waals surface area contributed by atoms with Gasteiger partial charge in [0.15, 0.2) is 5.82 Å². The standard InChI is InChI=1S/C25H27F3N4O3/c1-24(2,3)35-23(33)32-12-11-16(14-32)29-21-17-7-5-6-8-19(17)30-22(31-21)18-13-15(25(26,27)28)9-10-20(18)34-4/h5-10,13,16H,11-12,14H2,1-4H3,(H,29,30,31). The topological polar surface area (TPSA) is 76.6 Å². The van der Waals surface area contributed by atoms with Crippen LogP contribution in [0.1, 0.15) is 32.8 Å². The number of hydrogen-bond acceptors (Lipinski definition) is 6. The maximum absolute atomic E-state index is 13.4. The molecule has 0 radical (unpaired) electrons. The molecule has 1 aromatic heterocycles. The molecular weight excluding hydrogens is 461 g/mol. The van der Waals surface area contributed by atoms with Crippen molar-refractivity contribution in [3.05, 3.63) is 48.0 Å². The maximum atomic E-state index is 13.4. The molecule has 35 heavy (non-hydrogen) atoms. The number of anilines is 1. The second-order valence-electron chi connectivity index (χ2n) is 9.38. The number of alkyl halides is 3. The molecule has 1 atom stereocenters. The van der Waals surface area contributed by atoms with Gasteiger partial charge in [0.25, 0.3) is 0 Å². The number of hydrogen-bond donors (Lipinski definition) is 1. The van der Waals surface area contributed by atoms with Crippen molar-refractivity contribution in [3.63, 3.8) is 0 Å². The second-order valence-corrected chi connectivity index (χ2v) is 9.38. The Labute approximate surface area is 201 Å². The number of nitrogens with one attached hydrogen (secondary N) is 1. The van der Waals surface area contributed by atoms with Crippen molar-refractivity contribution in [2.75, 3.05) is 25.5 Å². The van der Waals surface area contributed by atoms with Crippen LogP contribution < -0.4 is 10.1 Å². The van der Waals surface area contributed by atoms with Crippen LogP contribution in [0.25, 0.3) is 22.3 Å². The molecule has 1 saturated heterocycles. The van der Waals surface area contributed by atoms with E-state index in [2.05, 4.69) is 15.3 Å². The van der Waals surface area contributed by atoms with Gasteiger partial charge in [0.1, 0.15) is 17.2 Å². The summed E-state index contributed by atoms with van der Waals surface area (Å²) in [6.45, 7) is 6.37. The molecule has 2 aromatic carbocycles. The summed E-state index contributed by atoms with van der Waals surface area (Å²) in [7, 11) is 1.39. The fraction of sp³-hybridized carbons (Fsp3) is 0.400. The molecule has 4 rings (SSSR count). The van der Waals surface area contributed by atoms with Gasteiger partial charge in [-0.3, -0.25) is 0 Å². The number of aromatic nitrogens is 2. The minimum atomic E-state index is -4.52. The van der Waals surface area contributed by atoms with Crippen molar-refractivity contribution in [1.82, 2.24) is 14.9 Å². The number of likely N-dealkylation sites (tertiary alicyclic amines) is 1. The molecule has 2 heterocycles. The maximum Gasteiger partial charge on any atom is 0.416 e. The summed E-state index contributed by atoms with van der Waals surface area (Å²) in [6.07, 6.45) is -4.24. The Kier molecular flexibility index (Phi) is 6.48. The number of ether oxygens (including phenoxy) is 2. The van der Waals surface area contributed by atoms with Crippen LogP contribution in [-0.4, -0.2) is 52.8 Å². The van der Waals surface area contributed by atoms with Gasteiger partial charge >= 0.3 is 12.3 Å². The van der Waals surface area contributed by atoms with Crippen LogP contribution in [0.3, 0.4) is 0 Å². The molecule has 0 aliphatic carbocycles. The number of para-hydroxylation sites is 1. The predicted molar refractivity (Wildman–Crippen MR) is 126 cm³/mol. The van der Waals surface area contributed by atoms with Gasteiger partial charge in [-0.15, -0.1) is 0 Å². The van der Waals surface area contributed by atoms with E-state index in [0.717, 1.165) is 17.5 Å². The highest BCUT2D eigenvalue weighted by Gasteiger charge is 2.32. The van der Waals surface area contributed by atoms with Gasteiger partial charge < -0.3 is 19.7 Å². The third-order valence-electron chi connectivity index (χ3n) is 5.55. The van der Waals surface area contributed by atoms with Crippen molar-refractivity contribution >= 4 is 22.8 Å². The molecule has 7 nitrogen and oxygen atoms in total. The number of benzene rings is 2. The Bertz CT molecular complexity index is 1240. The average Bonchev–Trinajstić information content (AvgIpc) is 3.25. The van der Waals surface area contributed by atoms with Crippen molar-refractivity contribution in [1.29, 1.82) is 0 Å². The highest BCUT2D eigenvalue weighted by Crippen LogP contribution is 2.37. The fourth-order valence-electron chi connectivity index (χ4n) is 3.93. The van der Waals surface area contributed by atoms with Crippen LogP contribution in [0.4, 0.5) is 23.8 Å². The molecule has 186 valence electrons. The first-order valence-electron chi connectivity index (χ1n) is 11.2. The largest absolute Gasteiger partial charge is 0.496 e. The van der Waals surface area contributed by atoms with Crippen molar-refractivity contribution < 1.29 is 27.4 Å². The Balaban J connectivity index is 1.68. The number of rotatable bonds is 4. The van der Waals surface area contributed by atoms with Gasteiger partial charge in [0, 0.05) is 24.5 Å². The zero-order valence-electron chi connectivity index (χ0n) is 19.9. The zero-order chi connectivity index (χ0) is 25.4. The van der Waals surface area contributed by atoms with E-state index in [4.69, 9.17) is 9.47 Å². The molecule has 1 N–H and O–H groups in total. The first-order valence-corrected chi connectivity index (χ1v) is 11.2. The smallest absolute Gasteiger partial charge is 0.416 e. The monoisotopic (exact) mass is 488 g/mol. The van der Waals surface area contributed by atoms with E-state index >= 15 is 0 Å². The van der Waals surface area contributed by atoms with Crippen LogP contribution in [-0.2, 0) is 10.9 Å². The van der Waals surface area contributed by atoms with E-state index in [-0.39, 0.29) is 29.3 Å². The number of carbonyl (C=O) groups is 1. The lowest BCUT2D eigenvalue weighted by molar-refractivity contribution is -0.137. The van der Waals surface area contributed by atoms with E-state index in [1.807, 2.05) is 32.9 Å². The van der Waals surface area contributed by atoms with E-state index < -0.39 is 17.3 Å². The lowest BCUT2D eigenvalue weighted by Crippen LogP contribution is -2.36. The number of fused-ring (bicyclic) bond motifs is 1. The molecule has 1 amide bonds. The summed E-state index contributed by atoms with van der Waals surface area (Å²) in [5.74, 6) is 0.813. The van der Waals surface area contributed by atoms with Crippen molar-refractivity contribution in [2.24, 2.45) is 0 Å². The molecule has 0 bridgehead atoms. The SMILES string of the molecule is COc1ccc(C(F)(F)F)cc1-c1nc(NC2CCN(C(=O)OC(C)(C)C)C2)c2ccccc2n1. The summed E-state index contributed by atoms with van der Waals surface area (Å²) < 4.78 is 50.9. The van der Waals surface area contributed by atoms with Gasteiger partial charge in [-0.05, 0) is 57.5 Å². The summed E-state index contributed by atoms with van der Waals surface area (Å²) in [6, 6.07) is 10.4. The minimum Gasteiger partial charge on any atom is -0.496 e. The average molecular weight is 489 g/mol. The van der Waals surface area contributed by atoms with Gasteiger partial charge in [-0.2, -0.15) is 13.2 Å². The normalized spacial score (nSPS) is 16.4. The van der Waals surface area contributed by atoms with Gasteiger partial charge in [-0.1, -0.05) is 12.1 Å². The number of methoxy groups -OCH3 is 1. The quantitative estimate of drug-likeness (QED) is 0.504. The van der Waals surface area contributed by atoms with E-state index in [9.17, 15) is 18.0 Å². The molecule has 1 aliphatic rings. The van der Waals surface area contributed by atoms with Crippen molar-refractivity contribution in [2.45, 2.75) is 45.0 Å². The molecule has 3 aromatic rings.